The minimum atomic E-state index is 0.462. The van der Waals surface area contributed by atoms with Gasteiger partial charge in [-0.1, -0.05) is 22.6 Å². The van der Waals surface area contributed by atoms with Crippen LogP contribution in [0.1, 0.15) is 12.8 Å². The van der Waals surface area contributed by atoms with Gasteiger partial charge in [-0.2, -0.15) is 0 Å². The van der Waals surface area contributed by atoms with Crippen LogP contribution in [-0.2, 0) is 9.47 Å². The molecule has 1 aliphatic rings. The van der Waals surface area contributed by atoms with Crippen LogP contribution in [-0.4, -0.2) is 43.4 Å². The quantitative estimate of drug-likeness (QED) is 0.454. The molecule has 0 radical (unpaired) electrons. The molecule has 1 N–H and O–H groups in total. The highest BCUT2D eigenvalue weighted by molar-refractivity contribution is 14.1. The largest absolute Gasteiger partial charge is 0.378 e. The van der Waals surface area contributed by atoms with Gasteiger partial charge in [0, 0.05) is 4.43 Å². The minimum absolute atomic E-state index is 0.462. The average molecular weight is 299 g/mol. The summed E-state index contributed by atoms with van der Waals surface area (Å²) in [7, 11) is 0. The summed E-state index contributed by atoms with van der Waals surface area (Å²) in [5.41, 5.74) is 0. The maximum Gasteiger partial charge on any atom is 0.0704 e. The molecule has 0 saturated carbocycles. The van der Waals surface area contributed by atoms with Gasteiger partial charge in [-0.05, 0) is 25.9 Å². The van der Waals surface area contributed by atoms with Crippen molar-refractivity contribution in [3.63, 3.8) is 0 Å². The zero-order valence-corrected chi connectivity index (χ0v) is 10.1. The lowest BCUT2D eigenvalue weighted by molar-refractivity contribution is -0.00416. The van der Waals surface area contributed by atoms with Crippen LogP contribution in [0.15, 0.2) is 0 Å². The first-order chi connectivity index (χ1) is 6.43. The smallest absolute Gasteiger partial charge is 0.0704 e. The third kappa shape index (κ3) is 5.83. The third-order valence-electron chi connectivity index (χ3n) is 2.09. The van der Waals surface area contributed by atoms with E-state index in [4.69, 9.17) is 9.47 Å². The predicted molar refractivity (Wildman–Crippen MR) is 61.5 cm³/mol. The average Bonchev–Trinajstić information content (AvgIpc) is 2.19. The Morgan fingerprint density at radius 1 is 1.15 bits per heavy atom. The zero-order chi connectivity index (χ0) is 9.36. The summed E-state index contributed by atoms with van der Waals surface area (Å²) in [6.45, 7) is 4.53. The number of halogens is 1. The van der Waals surface area contributed by atoms with Crippen LogP contribution in [0.2, 0.25) is 0 Å². The van der Waals surface area contributed by atoms with Gasteiger partial charge in [-0.3, -0.25) is 0 Å². The second-order valence-electron chi connectivity index (χ2n) is 3.12. The second-order valence-corrected chi connectivity index (χ2v) is 4.20. The highest BCUT2D eigenvalue weighted by atomic mass is 127. The number of nitrogens with one attached hydrogen (secondary N) is 1. The molecule has 0 bridgehead atoms. The minimum Gasteiger partial charge on any atom is -0.378 e. The van der Waals surface area contributed by atoms with E-state index in [0.29, 0.717) is 6.10 Å². The molecule has 4 heteroatoms. The first-order valence-electron chi connectivity index (χ1n) is 4.89. The summed E-state index contributed by atoms with van der Waals surface area (Å²) < 4.78 is 12.0. The summed E-state index contributed by atoms with van der Waals surface area (Å²) >= 11 is 2.31. The normalized spacial score (nSPS) is 19.2. The topological polar surface area (TPSA) is 30.5 Å². The lowest BCUT2D eigenvalue weighted by atomic mass is 10.1. The van der Waals surface area contributed by atoms with E-state index in [1.54, 1.807) is 0 Å². The Labute approximate surface area is 93.7 Å². The van der Waals surface area contributed by atoms with Crippen LogP contribution in [0.3, 0.4) is 0 Å². The summed E-state index contributed by atoms with van der Waals surface area (Å²) in [5.74, 6) is 0. The number of alkyl halides is 1. The van der Waals surface area contributed by atoms with E-state index in [1.807, 2.05) is 0 Å². The van der Waals surface area contributed by atoms with Crippen LogP contribution in [0.4, 0.5) is 0 Å². The van der Waals surface area contributed by atoms with Crippen molar-refractivity contribution in [2.75, 3.05) is 37.3 Å². The molecule has 78 valence electrons. The maximum absolute atomic E-state index is 5.66. The summed E-state index contributed by atoms with van der Waals surface area (Å²) in [6, 6.07) is 0. The molecule has 0 spiro atoms. The van der Waals surface area contributed by atoms with Gasteiger partial charge in [-0.15, -0.1) is 0 Å². The highest BCUT2D eigenvalue weighted by Gasteiger charge is 2.12. The van der Waals surface area contributed by atoms with Crippen molar-refractivity contribution in [1.29, 1.82) is 0 Å². The Bertz CT molecular complexity index is 118. The van der Waals surface area contributed by atoms with E-state index in [1.165, 1.54) is 0 Å². The van der Waals surface area contributed by atoms with Crippen molar-refractivity contribution < 1.29 is 9.47 Å². The second kappa shape index (κ2) is 7.96. The van der Waals surface area contributed by atoms with Crippen molar-refractivity contribution in [2.45, 2.75) is 18.9 Å². The Morgan fingerprint density at radius 2 is 1.92 bits per heavy atom. The molecule has 0 aromatic heterocycles. The van der Waals surface area contributed by atoms with Crippen molar-refractivity contribution in [2.24, 2.45) is 0 Å². The number of rotatable bonds is 6. The molecule has 1 saturated heterocycles. The van der Waals surface area contributed by atoms with Crippen LogP contribution in [0.5, 0.6) is 0 Å². The highest BCUT2D eigenvalue weighted by Crippen LogP contribution is 2.06. The van der Waals surface area contributed by atoms with E-state index in [9.17, 15) is 0 Å². The molecule has 1 rings (SSSR count). The fourth-order valence-electron chi connectivity index (χ4n) is 1.39. The Morgan fingerprint density at radius 3 is 2.62 bits per heavy atom. The van der Waals surface area contributed by atoms with Gasteiger partial charge in [0.25, 0.3) is 0 Å². The number of piperidine rings is 1. The Kier molecular flexibility index (Phi) is 7.16. The van der Waals surface area contributed by atoms with Gasteiger partial charge in [0.1, 0.15) is 0 Å². The molecule has 0 atom stereocenters. The molecule has 0 aliphatic carbocycles. The molecule has 0 amide bonds. The van der Waals surface area contributed by atoms with Crippen LogP contribution in [0, 0.1) is 0 Å². The van der Waals surface area contributed by atoms with Gasteiger partial charge < -0.3 is 14.8 Å². The first-order valence-corrected chi connectivity index (χ1v) is 6.42. The molecule has 0 aromatic rings. The lowest BCUT2D eigenvalue weighted by Crippen LogP contribution is -2.33. The van der Waals surface area contributed by atoms with Crippen molar-refractivity contribution in [3.05, 3.63) is 0 Å². The van der Waals surface area contributed by atoms with Crippen molar-refractivity contribution in [1.82, 2.24) is 5.32 Å². The third-order valence-corrected chi connectivity index (χ3v) is 2.53. The molecule has 1 aliphatic heterocycles. The summed E-state index contributed by atoms with van der Waals surface area (Å²) in [6.07, 6.45) is 2.75. The fraction of sp³-hybridized carbons (Fsp3) is 1.00. The number of ether oxygens (including phenoxy) is 2. The monoisotopic (exact) mass is 299 g/mol. The van der Waals surface area contributed by atoms with E-state index >= 15 is 0 Å². The molecular weight excluding hydrogens is 281 g/mol. The molecular formula is C9H18INO2. The van der Waals surface area contributed by atoms with Gasteiger partial charge in [0.2, 0.25) is 0 Å². The molecule has 0 aromatic carbocycles. The SMILES string of the molecule is ICCOCCOC1CCNCC1. The van der Waals surface area contributed by atoms with E-state index < -0.39 is 0 Å². The van der Waals surface area contributed by atoms with Crippen molar-refractivity contribution in [3.8, 4) is 0 Å². The Balaban J connectivity index is 1.86. The molecule has 0 unspecified atom stereocenters. The lowest BCUT2D eigenvalue weighted by Gasteiger charge is -2.22. The fourth-order valence-corrected chi connectivity index (χ4v) is 1.70. The standard InChI is InChI=1S/C9H18INO2/c10-3-6-12-7-8-13-9-1-4-11-5-2-9/h9,11H,1-8H2. The summed E-state index contributed by atoms with van der Waals surface area (Å²) in [5, 5.41) is 3.31. The number of hydrogen-bond donors (Lipinski definition) is 1. The van der Waals surface area contributed by atoms with Gasteiger partial charge in [0.15, 0.2) is 0 Å². The predicted octanol–water partition coefficient (Wildman–Crippen LogP) is 1.21. The molecule has 13 heavy (non-hydrogen) atoms. The van der Waals surface area contributed by atoms with E-state index in [-0.39, 0.29) is 0 Å². The molecule has 1 fully saturated rings. The Hall–Kier alpha value is 0.610. The van der Waals surface area contributed by atoms with Gasteiger partial charge in [0.05, 0.1) is 25.9 Å². The van der Waals surface area contributed by atoms with Gasteiger partial charge in [-0.25, -0.2) is 0 Å². The van der Waals surface area contributed by atoms with Crippen LogP contribution < -0.4 is 5.32 Å². The molecule has 1 heterocycles. The maximum atomic E-state index is 5.66. The van der Waals surface area contributed by atoms with Crippen molar-refractivity contribution >= 4 is 22.6 Å². The summed E-state index contributed by atoms with van der Waals surface area (Å²) in [4.78, 5) is 0. The van der Waals surface area contributed by atoms with E-state index in [2.05, 4.69) is 27.9 Å². The first kappa shape index (κ1) is 11.7. The van der Waals surface area contributed by atoms with Gasteiger partial charge >= 0.3 is 0 Å². The van der Waals surface area contributed by atoms with Crippen LogP contribution >= 0.6 is 22.6 Å². The van der Waals surface area contributed by atoms with Crippen LogP contribution in [0.25, 0.3) is 0 Å². The zero-order valence-electron chi connectivity index (χ0n) is 7.93. The van der Waals surface area contributed by atoms with E-state index in [0.717, 1.165) is 50.2 Å². The molecule has 3 nitrogen and oxygen atoms in total. The number of hydrogen-bond acceptors (Lipinski definition) is 3.